The van der Waals surface area contributed by atoms with E-state index < -0.39 is 21.2 Å². The van der Waals surface area contributed by atoms with Crippen LogP contribution in [0.5, 0.6) is 5.75 Å². The van der Waals surface area contributed by atoms with E-state index in [4.69, 9.17) is 21.2 Å². The maximum absolute atomic E-state index is 11.3. The van der Waals surface area contributed by atoms with E-state index in [-0.39, 0.29) is 5.75 Å². The minimum Gasteiger partial charge on any atom is -0.379 e. The molecule has 1 fully saturated rings. The van der Waals surface area contributed by atoms with Crippen LogP contribution in [-0.2, 0) is 4.74 Å². The molecule has 1 saturated heterocycles. The molecule has 0 atom stereocenters. The van der Waals surface area contributed by atoms with Crippen molar-refractivity contribution >= 4 is 28.7 Å². The molecule has 1 aliphatic heterocycles. The van der Waals surface area contributed by atoms with Crippen molar-refractivity contribution in [3.8, 4) is 5.75 Å². The van der Waals surface area contributed by atoms with E-state index in [0.717, 1.165) is 23.8 Å². The Hall–Kier alpha value is -3.08. The minimum absolute atomic E-state index is 0.186. The fourth-order valence-electron chi connectivity index (χ4n) is 2.73. The number of morpholine rings is 1. The van der Waals surface area contributed by atoms with Crippen molar-refractivity contribution in [2.24, 2.45) is 5.16 Å². The van der Waals surface area contributed by atoms with Crippen LogP contribution in [0.4, 0.5) is 11.4 Å². The van der Waals surface area contributed by atoms with Gasteiger partial charge in [0.25, 0.3) is 5.69 Å². The molecule has 0 aliphatic carbocycles. The van der Waals surface area contributed by atoms with Gasteiger partial charge in [0.2, 0.25) is 5.75 Å². The Balaban J connectivity index is 1.90. The van der Waals surface area contributed by atoms with Crippen molar-refractivity contribution in [3.05, 3.63) is 73.3 Å². The van der Waals surface area contributed by atoms with Crippen LogP contribution in [0.15, 0.2) is 47.6 Å². The van der Waals surface area contributed by atoms with Crippen molar-refractivity contribution in [3.63, 3.8) is 0 Å². The van der Waals surface area contributed by atoms with Gasteiger partial charge in [0, 0.05) is 36.3 Å². The van der Waals surface area contributed by atoms with Crippen molar-refractivity contribution in [2.45, 2.75) is 0 Å². The second-order valence-corrected chi connectivity index (χ2v) is 6.63. The monoisotopic (exact) mass is 420 g/mol. The lowest BCUT2D eigenvalue weighted by Crippen LogP contribution is -2.39. The summed E-state index contributed by atoms with van der Waals surface area (Å²) in [7, 11) is 0. The Morgan fingerprint density at radius 3 is 2.41 bits per heavy atom. The van der Waals surface area contributed by atoms with E-state index in [0.29, 0.717) is 43.6 Å². The number of benzene rings is 2. The minimum atomic E-state index is -0.748. The molecule has 0 spiro atoms. The lowest BCUT2D eigenvalue weighted by Gasteiger charge is -2.26. The topological polar surface area (TPSA) is 120 Å². The maximum atomic E-state index is 11.3. The number of halogens is 1. The molecule has 0 unspecified atom stereocenters. The summed E-state index contributed by atoms with van der Waals surface area (Å²) < 4.78 is 5.34. The van der Waals surface area contributed by atoms with Gasteiger partial charge in [-0.05, 0) is 18.2 Å². The zero-order chi connectivity index (χ0) is 20.8. The third-order valence-corrected chi connectivity index (χ3v) is 4.51. The zero-order valence-corrected chi connectivity index (χ0v) is 15.9. The Labute approximate surface area is 170 Å². The molecule has 152 valence electrons. The van der Waals surface area contributed by atoms with Gasteiger partial charge < -0.3 is 9.57 Å². The van der Waals surface area contributed by atoms with Gasteiger partial charge in [0.1, 0.15) is 5.71 Å². The molecule has 0 N–H and O–H groups in total. The first-order valence-electron chi connectivity index (χ1n) is 8.67. The summed E-state index contributed by atoms with van der Waals surface area (Å²) in [6.45, 7) is 3.06. The van der Waals surface area contributed by atoms with E-state index in [1.807, 2.05) is 0 Å². The van der Waals surface area contributed by atoms with Crippen LogP contribution in [0.25, 0.3) is 0 Å². The molecular weight excluding hydrogens is 404 g/mol. The number of nitro groups is 2. The SMILES string of the molecule is O=[N+]([O-])c1ccc(ON=C(CN2CCOCC2)c2ccc(Cl)cc2)c([N+](=O)[O-])c1. The lowest BCUT2D eigenvalue weighted by molar-refractivity contribution is -0.394. The van der Waals surface area contributed by atoms with Gasteiger partial charge in [-0.3, -0.25) is 25.1 Å². The first-order chi connectivity index (χ1) is 13.9. The van der Waals surface area contributed by atoms with Crippen LogP contribution in [0.2, 0.25) is 5.02 Å². The van der Waals surface area contributed by atoms with Crippen LogP contribution >= 0.6 is 11.6 Å². The van der Waals surface area contributed by atoms with E-state index >= 15 is 0 Å². The molecule has 0 bridgehead atoms. The zero-order valence-electron chi connectivity index (χ0n) is 15.2. The largest absolute Gasteiger partial charge is 0.379 e. The molecule has 0 saturated carbocycles. The number of non-ortho nitro benzene ring substituents is 1. The van der Waals surface area contributed by atoms with Crippen molar-refractivity contribution in [2.75, 3.05) is 32.8 Å². The van der Waals surface area contributed by atoms with Gasteiger partial charge in [-0.1, -0.05) is 28.9 Å². The fourth-order valence-corrected chi connectivity index (χ4v) is 2.86. The second-order valence-electron chi connectivity index (χ2n) is 6.19. The predicted octanol–water partition coefficient (Wildman–Crippen LogP) is 3.27. The van der Waals surface area contributed by atoms with Crippen molar-refractivity contribution < 1.29 is 19.4 Å². The van der Waals surface area contributed by atoms with Gasteiger partial charge in [0.15, 0.2) is 0 Å². The highest BCUT2D eigenvalue weighted by Gasteiger charge is 2.22. The Morgan fingerprint density at radius 1 is 1.10 bits per heavy atom. The van der Waals surface area contributed by atoms with Gasteiger partial charge in [-0.2, -0.15) is 0 Å². The highest BCUT2D eigenvalue weighted by Crippen LogP contribution is 2.31. The first kappa shape index (κ1) is 20.6. The Morgan fingerprint density at radius 2 is 1.79 bits per heavy atom. The molecule has 10 nitrogen and oxygen atoms in total. The second kappa shape index (κ2) is 9.41. The van der Waals surface area contributed by atoms with Gasteiger partial charge in [-0.15, -0.1) is 0 Å². The molecule has 29 heavy (non-hydrogen) atoms. The summed E-state index contributed by atoms with van der Waals surface area (Å²) in [5.41, 5.74) is 0.339. The summed E-state index contributed by atoms with van der Waals surface area (Å²) in [6.07, 6.45) is 0. The number of nitro benzene ring substituents is 2. The summed E-state index contributed by atoms with van der Waals surface area (Å²) in [6, 6.07) is 10.1. The molecule has 0 aromatic heterocycles. The van der Waals surface area contributed by atoms with Crippen LogP contribution in [-0.4, -0.2) is 53.3 Å². The quantitative estimate of drug-likeness (QED) is 0.383. The first-order valence-corrected chi connectivity index (χ1v) is 9.04. The number of hydrogen-bond donors (Lipinski definition) is 0. The molecule has 11 heteroatoms. The Kier molecular flexibility index (Phi) is 6.70. The van der Waals surface area contributed by atoms with Crippen LogP contribution < -0.4 is 4.84 Å². The van der Waals surface area contributed by atoms with Crippen LogP contribution in [0, 0.1) is 20.2 Å². The number of rotatable bonds is 7. The summed E-state index contributed by atoms with van der Waals surface area (Å²) in [5.74, 6) is -0.186. The molecule has 0 radical (unpaired) electrons. The number of hydrogen-bond acceptors (Lipinski definition) is 8. The third-order valence-electron chi connectivity index (χ3n) is 4.26. The number of oxime groups is 1. The van der Waals surface area contributed by atoms with E-state index in [1.165, 1.54) is 0 Å². The molecule has 3 rings (SSSR count). The van der Waals surface area contributed by atoms with Crippen LogP contribution in [0.1, 0.15) is 5.56 Å². The Bertz CT molecular complexity index is 928. The van der Waals surface area contributed by atoms with Gasteiger partial charge in [-0.25, -0.2) is 0 Å². The molecular formula is C18H17ClN4O6. The van der Waals surface area contributed by atoms with E-state index in [1.54, 1.807) is 24.3 Å². The van der Waals surface area contributed by atoms with Gasteiger partial charge in [0.05, 0.1) is 29.1 Å². The third kappa shape index (κ3) is 5.47. The molecule has 2 aromatic carbocycles. The predicted molar refractivity (Wildman–Crippen MR) is 106 cm³/mol. The number of nitrogens with zero attached hydrogens (tertiary/aromatic N) is 4. The van der Waals surface area contributed by atoms with E-state index in [9.17, 15) is 20.2 Å². The van der Waals surface area contributed by atoms with Crippen molar-refractivity contribution in [1.82, 2.24) is 4.90 Å². The molecule has 2 aromatic rings. The molecule has 1 aliphatic rings. The lowest BCUT2D eigenvalue weighted by atomic mass is 10.1. The highest BCUT2D eigenvalue weighted by atomic mass is 35.5. The van der Waals surface area contributed by atoms with Crippen LogP contribution in [0.3, 0.4) is 0 Å². The normalized spacial score (nSPS) is 15.1. The van der Waals surface area contributed by atoms with Crippen molar-refractivity contribution in [1.29, 1.82) is 0 Å². The standard InChI is InChI=1S/C18H17ClN4O6/c19-14-3-1-13(2-4-14)16(12-21-7-9-28-10-8-21)20-29-18-6-5-15(22(24)25)11-17(18)23(26)27/h1-6,11H,7-10,12H2. The van der Waals surface area contributed by atoms with E-state index in [2.05, 4.69) is 10.1 Å². The maximum Gasteiger partial charge on any atom is 0.321 e. The smallest absolute Gasteiger partial charge is 0.321 e. The average molecular weight is 421 g/mol. The summed E-state index contributed by atoms with van der Waals surface area (Å²) in [4.78, 5) is 28.2. The fraction of sp³-hybridized carbons (Fsp3) is 0.278. The average Bonchev–Trinajstić information content (AvgIpc) is 2.72. The van der Waals surface area contributed by atoms with Gasteiger partial charge >= 0.3 is 5.69 Å². The summed E-state index contributed by atoms with van der Waals surface area (Å²) in [5, 5.41) is 26.8. The molecule has 1 heterocycles. The molecule has 0 amide bonds. The number of ether oxygens (including phenoxy) is 1. The highest BCUT2D eigenvalue weighted by molar-refractivity contribution is 6.30. The summed E-state index contributed by atoms with van der Waals surface area (Å²) >= 11 is 5.95.